The van der Waals surface area contributed by atoms with E-state index in [9.17, 15) is 9.59 Å². The minimum atomic E-state index is -0.774. The molecule has 1 aliphatic heterocycles. The molecule has 0 spiro atoms. The van der Waals surface area contributed by atoms with Gasteiger partial charge in [0.1, 0.15) is 12.1 Å². The van der Waals surface area contributed by atoms with E-state index in [0.717, 1.165) is 11.0 Å². The van der Waals surface area contributed by atoms with Crippen LogP contribution in [0.25, 0.3) is 11.0 Å². The first-order valence-corrected chi connectivity index (χ1v) is 6.94. The van der Waals surface area contributed by atoms with Crippen LogP contribution < -0.4 is 0 Å². The average Bonchev–Trinajstić information content (AvgIpc) is 2.91. The van der Waals surface area contributed by atoms with E-state index < -0.39 is 5.97 Å². The van der Waals surface area contributed by atoms with Crippen molar-refractivity contribution in [2.75, 3.05) is 13.1 Å². The number of carbonyl (C=O) groups excluding carboxylic acids is 1. The highest BCUT2D eigenvalue weighted by atomic mass is 16.4. The molecule has 0 radical (unpaired) electrons. The molecule has 1 N–H and O–H groups in total. The monoisotopic (exact) mass is 288 g/mol. The second kappa shape index (κ2) is 5.51. The van der Waals surface area contributed by atoms with E-state index in [-0.39, 0.29) is 18.4 Å². The fourth-order valence-corrected chi connectivity index (χ4v) is 2.64. The maximum absolute atomic E-state index is 12.3. The van der Waals surface area contributed by atoms with E-state index >= 15 is 0 Å². The molecule has 1 fully saturated rings. The molecule has 110 valence electrons. The molecule has 2 heterocycles. The van der Waals surface area contributed by atoms with Crippen molar-refractivity contribution in [3.8, 4) is 0 Å². The lowest BCUT2D eigenvalue weighted by Crippen LogP contribution is -2.41. The van der Waals surface area contributed by atoms with Gasteiger partial charge in [-0.1, -0.05) is 17.3 Å². The van der Waals surface area contributed by atoms with Gasteiger partial charge in [-0.3, -0.25) is 9.59 Å². The van der Waals surface area contributed by atoms with Crippen molar-refractivity contribution in [2.45, 2.75) is 19.4 Å². The van der Waals surface area contributed by atoms with Gasteiger partial charge in [0, 0.05) is 13.1 Å². The summed E-state index contributed by atoms with van der Waals surface area (Å²) in [7, 11) is 0. The third-order valence-corrected chi connectivity index (χ3v) is 3.90. The van der Waals surface area contributed by atoms with Crippen molar-refractivity contribution in [1.29, 1.82) is 0 Å². The summed E-state index contributed by atoms with van der Waals surface area (Å²) in [5, 5.41) is 17.0. The van der Waals surface area contributed by atoms with Crippen LogP contribution in [0.2, 0.25) is 0 Å². The zero-order chi connectivity index (χ0) is 14.8. The Kier molecular flexibility index (Phi) is 3.55. The number of carboxylic acid groups (broad SMARTS) is 1. The molecule has 7 nitrogen and oxygen atoms in total. The van der Waals surface area contributed by atoms with Crippen LogP contribution in [-0.4, -0.2) is 50.0 Å². The second-order valence-electron chi connectivity index (χ2n) is 5.23. The number of hydrogen-bond acceptors (Lipinski definition) is 4. The molecule has 0 unspecified atom stereocenters. The van der Waals surface area contributed by atoms with Gasteiger partial charge in [-0.15, -0.1) is 5.10 Å². The van der Waals surface area contributed by atoms with Crippen molar-refractivity contribution in [2.24, 2.45) is 5.92 Å². The van der Waals surface area contributed by atoms with Crippen LogP contribution in [0.1, 0.15) is 12.8 Å². The number of amides is 1. The number of carboxylic acids is 1. The molecule has 0 aliphatic carbocycles. The highest BCUT2D eigenvalue weighted by Gasteiger charge is 2.27. The Morgan fingerprint density at radius 3 is 2.67 bits per heavy atom. The number of para-hydroxylation sites is 1. The summed E-state index contributed by atoms with van der Waals surface area (Å²) in [6.07, 6.45) is 1.03. The third kappa shape index (κ3) is 2.72. The molecule has 1 saturated heterocycles. The van der Waals surface area contributed by atoms with E-state index in [2.05, 4.69) is 10.3 Å². The molecule has 0 bridgehead atoms. The van der Waals surface area contributed by atoms with Gasteiger partial charge >= 0.3 is 5.97 Å². The van der Waals surface area contributed by atoms with E-state index in [0.29, 0.717) is 25.9 Å². The Hall–Kier alpha value is -2.44. The third-order valence-electron chi connectivity index (χ3n) is 3.90. The molecule has 1 aliphatic rings. The lowest BCUT2D eigenvalue weighted by Gasteiger charge is -2.30. The van der Waals surface area contributed by atoms with Gasteiger partial charge in [0.25, 0.3) is 0 Å². The quantitative estimate of drug-likeness (QED) is 0.900. The molecule has 0 atom stereocenters. The number of carbonyl (C=O) groups is 2. The highest BCUT2D eigenvalue weighted by molar-refractivity contribution is 5.80. The normalized spacial score (nSPS) is 16.3. The Labute approximate surface area is 121 Å². The first-order chi connectivity index (χ1) is 10.1. The van der Waals surface area contributed by atoms with E-state index in [1.54, 1.807) is 9.58 Å². The van der Waals surface area contributed by atoms with Gasteiger partial charge in [0.2, 0.25) is 5.91 Å². The predicted molar refractivity (Wildman–Crippen MR) is 74.5 cm³/mol. The molecule has 1 amide bonds. The highest BCUT2D eigenvalue weighted by Crippen LogP contribution is 2.18. The summed E-state index contributed by atoms with van der Waals surface area (Å²) in [4.78, 5) is 24.9. The minimum Gasteiger partial charge on any atom is -0.481 e. The van der Waals surface area contributed by atoms with Crippen molar-refractivity contribution in [3.63, 3.8) is 0 Å². The SMILES string of the molecule is O=C(O)C1CCN(C(=O)Cn2nnc3ccccc32)CC1. The van der Waals surface area contributed by atoms with Crippen LogP contribution in [0.5, 0.6) is 0 Å². The van der Waals surface area contributed by atoms with E-state index in [4.69, 9.17) is 5.11 Å². The van der Waals surface area contributed by atoms with Crippen LogP contribution in [0, 0.1) is 5.92 Å². The molecule has 2 aromatic rings. The van der Waals surface area contributed by atoms with Crippen LogP contribution in [0.3, 0.4) is 0 Å². The zero-order valence-corrected chi connectivity index (χ0v) is 11.5. The first-order valence-electron chi connectivity index (χ1n) is 6.94. The zero-order valence-electron chi connectivity index (χ0n) is 11.5. The molecular formula is C14H16N4O3. The first kappa shape index (κ1) is 13.5. The number of hydrogen-bond donors (Lipinski definition) is 1. The van der Waals surface area contributed by atoms with Crippen molar-refractivity contribution in [1.82, 2.24) is 19.9 Å². The topological polar surface area (TPSA) is 88.3 Å². The van der Waals surface area contributed by atoms with Gasteiger partial charge in [0.05, 0.1) is 11.4 Å². The van der Waals surface area contributed by atoms with Gasteiger partial charge < -0.3 is 10.0 Å². The summed E-state index contributed by atoms with van der Waals surface area (Å²) in [6, 6.07) is 7.48. The standard InChI is InChI=1S/C14H16N4O3/c19-13(17-7-5-10(6-8-17)14(20)21)9-18-12-4-2-1-3-11(12)15-16-18/h1-4,10H,5-9H2,(H,20,21). The Morgan fingerprint density at radius 2 is 1.95 bits per heavy atom. The number of aromatic nitrogens is 3. The summed E-state index contributed by atoms with van der Waals surface area (Å²) < 4.78 is 1.58. The maximum atomic E-state index is 12.3. The minimum absolute atomic E-state index is 0.0468. The van der Waals surface area contributed by atoms with Crippen LogP contribution in [0.4, 0.5) is 0 Å². The van der Waals surface area contributed by atoms with Gasteiger partial charge in [-0.2, -0.15) is 0 Å². The summed E-state index contributed by atoms with van der Waals surface area (Å²) >= 11 is 0. The molecule has 7 heteroatoms. The van der Waals surface area contributed by atoms with Crippen molar-refractivity contribution < 1.29 is 14.7 Å². The second-order valence-corrected chi connectivity index (χ2v) is 5.23. The Morgan fingerprint density at radius 1 is 1.24 bits per heavy atom. The molecule has 1 aromatic carbocycles. The fourth-order valence-electron chi connectivity index (χ4n) is 2.64. The van der Waals surface area contributed by atoms with Gasteiger partial charge in [-0.25, -0.2) is 4.68 Å². The number of likely N-dealkylation sites (tertiary alicyclic amines) is 1. The maximum Gasteiger partial charge on any atom is 0.306 e. The number of rotatable bonds is 3. The number of fused-ring (bicyclic) bond motifs is 1. The lowest BCUT2D eigenvalue weighted by molar-refractivity contribution is -0.145. The molecule has 0 saturated carbocycles. The molecule has 1 aromatic heterocycles. The number of aliphatic carboxylic acids is 1. The van der Waals surface area contributed by atoms with Gasteiger partial charge in [-0.05, 0) is 25.0 Å². The number of benzene rings is 1. The van der Waals surface area contributed by atoms with Crippen LogP contribution in [-0.2, 0) is 16.1 Å². The van der Waals surface area contributed by atoms with Crippen LogP contribution >= 0.6 is 0 Å². The van der Waals surface area contributed by atoms with Crippen molar-refractivity contribution in [3.05, 3.63) is 24.3 Å². The predicted octanol–water partition coefficient (Wildman–Crippen LogP) is 0.754. The van der Waals surface area contributed by atoms with Crippen LogP contribution in [0.15, 0.2) is 24.3 Å². The van der Waals surface area contributed by atoms with Crippen molar-refractivity contribution >= 4 is 22.9 Å². The van der Waals surface area contributed by atoms with E-state index in [1.807, 2.05) is 24.3 Å². The Bertz CT molecular complexity index is 674. The average molecular weight is 288 g/mol. The molecular weight excluding hydrogens is 272 g/mol. The largest absolute Gasteiger partial charge is 0.481 e. The summed E-state index contributed by atoms with van der Waals surface area (Å²) in [5.41, 5.74) is 1.58. The summed E-state index contributed by atoms with van der Waals surface area (Å²) in [6.45, 7) is 1.11. The Balaban J connectivity index is 1.66. The summed E-state index contributed by atoms with van der Waals surface area (Å²) in [5.74, 6) is -1.15. The van der Waals surface area contributed by atoms with Gasteiger partial charge in [0.15, 0.2) is 0 Å². The van der Waals surface area contributed by atoms with E-state index in [1.165, 1.54) is 0 Å². The number of piperidine rings is 1. The number of nitrogens with zero attached hydrogens (tertiary/aromatic N) is 4. The lowest BCUT2D eigenvalue weighted by atomic mass is 9.97. The molecule has 3 rings (SSSR count). The fraction of sp³-hybridized carbons (Fsp3) is 0.429. The molecule has 21 heavy (non-hydrogen) atoms. The smallest absolute Gasteiger partial charge is 0.306 e.